The number of ether oxygens (including phenoxy) is 1. The van der Waals surface area contributed by atoms with Gasteiger partial charge in [-0.3, -0.25) is 4.79 Å². The number of carbonyl (C=O) groups excluding carboxylic acids is 1. The van der Waals surface area contributed by atoms with Crippen molar-refractivity contribution in [2.24, 2.45) is 0 Å². The Morgan fingerprint density at radius 1 is 1.40 bits per heavy atom. The number of nitro groups is 1. The number of H-pyrrole nitrogens is 1. The molecule has 0 aliphatic heterocycles. The Kier molecular flexibility index (Phi) is 4.04. The maximum absolute atomic E-state index is 12.0. The van der Waals surface area contributed by atoms with Gasteiger partial charge in [-0.15, -0.1) is 0 Å². The molecule has 0 bridgehead atoms. The topological polar surface area (TPSA) is 97.3 Å². The summed E-state index contributed by atoms with van der Waals surface area (Å²) in [6, 6.07) is 7.68. The van der Waals surface area contributed by atoms with Crippen LogP contribution in [-0.4, -0.2) is 22.9 Å². The number of halogens is 1. The summed E-state index contributed by atoms with van der Waals surface area (Å²) in [5, 5.41) is 13.2. The number of carbonyl (C=O) groups is 1. The van der Waals surface area contributed by atoms with Crippen LogP contribution in [0.25, 0.3) is 0 Å². The average molecular weight is 340 g/mol. The van der Waals surface area contributed by atoms with E-state index in [0.29, 0.717) is 15.9 Å². The number of rotatable bonds is 4. The van der Waals surface area contributed by atoms with Crippen LogP contribution < -0.4 is 10.1 Å². The minimum absolute atomic E-state index is 0.103. The summed E-state index contributed by atoms with van der Waals surface area (Å²) < 4.78 is 5.74. The van der Waals surface area contributed by atoms with Crippen molar-refractivity contribution in [2.45, 2.75) is 0 Å². The predicted molar refractivity (Wildman–Crippen MR) is 76.1 cm³/mol. The van der Waals surface area contributed by atoms with E-state index < -0.39 is 10.8 Å². The van der Waals surface area contributed by atoms with E-state index in [-0.39, 0.29) is 11.5 Å². The third-order valence-electron chi connectivity index (χ3n) is 2.53. The molecule has 0 saturated heterocycles. The van der Waals surface area contributed by atoms with E-state index in [0.717, 1.165) is 0 Å². The minimum atomic E-state index is -0.599. The molecule has 1 amide bonds. The Labute approximate surface area is 122 Å². The van der Waals surface area contributed by atoms with Crippen molar-refractivity contribution in [1.29, 1.82) is 0 Å². The summed E-state index contributed by atoms with van der Waals surface area (Å²) in [5.74, 6) is -0.132. The van der Waals surface area contributed by atoms with Crippen LogP contribution in [-0.2, 0) is 0 Å². The van der Waals surface area contributed by atoms with Gasteiger partial charge in [0.1, 0.15) is 5.75 Å². The van der Waals surface area contributed by atoms with Crippen molar-refractivity contribution in [3.63, 3.8) is 0 Å². The zero-order valence-electron chi connectivity index (χ0n) is 10.3. The summed E-state index contributed by atoms with van der Waals surface area (Å²) in [6.07, 6.45) is 0. The second-order valence-corrected chi connectivity index (χ2v) is 4.67. The largest absolute Gasteiger partial charge is 0.497 e. The van der Waals surface area contributed by atoms with Crippen LogP contribution >= 0.6 is 15.9 Å². The first-order chi connectivity index (χ1) is 9.51. The zero-order chi connectivity index (χ0) is 14.7. The van der Waals surface area contributed by atoms with Gasteiger partial charge in [0.2, 0.25) is 0 Å². The number of aromatic nitrogens is 1. The van der Waals surface area contributed by atoms with Crippen molar-refractivity contribution in [3.8, 4) is 5.75 Å². The van der Waals surface area contributed by atoms with Crippen LogP contribution in [0.2, 0.25) is 0 Å². The smallest absolute Gasteiger partial charge is 0.321 e. The standard InChI is InChI=1S/C12H10BrN3O4/c1-20-7-2-3-8(13)10(6-7)15-12(17)9-4-5-11(14-9)16(18)19/h2-6,14H,1H3,(H,15,17). The van der Waals surface area contributed by atoms with Crippen LogP contribution in [0.4, 0.5) is 11.5 Å². The number of amides is 1. The summed E-state index contributed by atoms with van der Waals surface area (Å²) in [6.45, 7) is 0. The van der Waals surface area contributed by atoms with Crippen LogP contribution in [0.15, 0.2) is 34.8 Å². The van der Waals surface area contributed by atoms with Crippen molar-refractivity contribution in [1.82, 2.24) is 4.98 Å². The van der Waals surface area contributed by atoms with Gasteiger partial charge in [-0.2, -0.15) is 0 Å². The number of benzene rings is 1. The molecule has 0 fully saturated rings. The van der Waals surface area contributed by atoms with Crippen LogP contribution in [0.1, 0.15) is 10.5 Å². The molecule has 0 radical (unpaired) electrons. The van der Waals surface area contributed by atoms with Crippen molar-refractivity contribution < 1.29 is 14.5 Å². The number of hydrogen-bond acceptors (Lipinski definition) is 4. The van der Waals surface area contributed by atoms with E-state index >= 15 is 0 Å². The lowest BCUT2D eigenvalue weighted by Gasteiger charge is -2.07. The third kappa shape index (κ3) is 2.97. The Bertz CT molecular complexity index is 668. The highest BCUT2D eigenvalue weighted by atomic mass is 79.9. The van der Waals surface area contributed by atoms with Gasteiger partial charge in [0, 0.05) is 16.6 Å². The van der Waals surface area contributed by atoms with E-state index in [4.69, 9.17) is 4.74 Å². The zero-order valence-corrected chi connectivity index (χ0v) is 11.9. The molecule has 0 aliphatic rings. The molecular formula is C12H10BrN3O4. The Hall–Kier alpha value is -2.35. The molecule has 2 N–H and O–H groups in total. The molecule has 0 atom stereocenters. The molecule has 0 spiro atoms. The molecule has 104 valence electrons. The van der Waals surface area contributed by atoms with E-state index in [1.54, 1.807) is 18.2 Å². The van der Waals surface area contributed by atoms with Gasteiger partial charge >= 0.3 is 5.82 Å². The quantitative estimate of drug-likeness (QED) is 0.660. The Balaban J connectivity index is 2.20. The molecule has 7 nitrogen and oxygen atoms in total. The van der Waals surface area contributed by atoms with Crippen LogP contribution in [0, 0.1) is 10.1 Å². The van der Waals surface area contributed by atoms with Gasteiger partial charge in [0.25, 0.3) is 5.91 Å². The second-order valence-electron chi connectivity index (χ2n) is 3.81. The minimum Gasteiger partial charge on any atom is -0.497 e. The number of nitrogens with one attached hydrogen (secondary N) is 2. The second kappa shape index (κ2) is 5.74. The lowest BCUT2D eigenvalue weighted by Crippen LogP contribution is -2.12. The maximum atomic E-state index is 12.0. The predicted octanol–water partition coefficient (Wildman–Crippen LogP) is 2.95. The fraction of sp³-hybridized carbons (Fsp3) is 0.0833. The molecule has 0 unspecified atom stereocenters. The lowest BCUT2D eigenvalue weighted by atomic mass is 10.3. The molecule has 8 heteroatoms. The number of aromatic amines is 1. The van der Waals surface area contributed by atoms with Gasteiger partial charge in [0.15, 0.2) is 5.69 Å². The van der Waals surface area contributed by atoms with Crippen LogP contribution in [0.3, 0.4) is 0 Å². The van der Waals surface area contributed by atoms with Crippen molar-refractivity contribution >= 4 is 33.3 Å². The molecule has 1 heterocycles. The monoisotopic (exact) mass is 339 g/mol. The molecule has 1 aromatic carbocycles. The van der Waals surface area contributed by atoms with Crippen molar-refractivity contribution in [3.05, 3.63) is 50.6 Å². The summed E-state index contributed by atoms with van der Waals surface area (Å²) in [7, 11) is 1.52. The highest BCUT2D eigenvalue weighted by Gasteiger charge is 2.16. The van der Waals surface area contributed by atoms with Gasteiger partial charge in [-0.25, -0.2) is 4.98 Å². The van der Waals surface area contributed by atoms with Gasteiger partial charge in [-0.05, 0) is 39.1 Å². The molecule has 0 saturated carbocycles. The van der Waals surface area contributed by atoms with E-state index in [9.17, 15) is 14.9 Å². The average Bonchev–Trinajstić information content (AvgIpc) is 2.91. The van der Waals surface area contributed by atoms with Gasteiger partial charge in [0.05, 0.1) is 12.8 Å². The maximum Gasteiger partial charge on any atom is 0.321 e. The molecular weight excluding hydrogens is 330 g/mol. The molecule has 2 rings (SSSR count). The van der Waals surface area contributed by atoms with E-state index in [2.05, 4.69) is 26.2 Å². The SMILES string of the molecule is COc1ccc(Br)c(NC(=O)c2ccc([N+](=O)[O-])[nH]2)c1. The summed E-state index contributed by atoms with van der Waals surface area (Å²) in [5.41, 5.74) is 0.609. The Morgan fingerprint density at radius 2 is 2.15 bits per heavy atom. The van der Waals surface area contributed by atoms with Crippen molar-refractivity contribution in [2.75, 3.05) is 12.4 Å². The third-order valence-corrected chi connectivity index (χ3v) is 3.23. The lowest BCUT2D eigenvalue weighted by molar-refractivity contribution is -0.389. The van der Waals surface area contributed by atoms with Crippen LogP contribution in [0.5, 0.6) is 5.75 Å². The fourth-order valence-corrected chi connectivity index (χ4v) is 1.89. The highest BCUT2D eigenvalue weighted by molar-refractivity contribution is 9.10. The molecule has 20 heavy (non-hydrogen) atoms. The molecule has 1 aromatic heterocycles. The number of nitrogens with zero attached hydrogens (tertiary/aromatic N) is 1. The first-order valence-electron chi connectivity index (χ1n) is 5.49. The van der Waals surface area contributed by atoms with Gasteiger partial charge < -0.3 is 20.2 Å². The summed E-state index contributed by atoms with van der Waals surface area (Å²) in [4.78, 5) is 24.4. The normalized spacial score (nSPS) is 10.1. The summed E-state index contributed by atoms with van der Waals surface area (Å²) >= 11 is 3.30. The van der Waals surface area contributed by atoms with E-state index in [1.165, 1.54) is 19.2 Å². The highest BCUT2D eigenvalue weighted by Crippen LogP contribution is 2.27. The number of methoxy groups -OCH3 is 1. The van der Waals surface area contributed by atoms with E-state index in [1.807, 2.05) is 0 Å². The molecule has 2 aromatic rings. The first-order valence-corrected chi connectivity index (χ1v) is 6.29. The fourth-order valence-electron chi connectivity index (χ4n) is 1.54. The first kappa shape index (κ1) is 14.1. The number of hydrogen-bond donors (Lipinski definition) is 2. The van der Waals surface area contributed by atoms with Gasteiger partial charge in [-0.1, -0.05) is 0 Å². The number of anilines is 1. The molecule has 0 aliphatic carbocycles. The Morgan fingerprint density at radius 3 is 2.75 bits per heavy atom.